The molecule has 0 fully saturated rings. The van der Waals surface area contributed by atoms with Gasteiger partial charge in [-0.15, -0.1) is 0 Å². The summed E-state index contributed by atoms with van der Waals surface area (Å²) in [5.41, 5.74) is -0.486. The molecule has 0 aliphatic heterocycles. The van der Waals surface area contributed by atoms with Gasteiger partial charge in [-0.05, 0) is 37.7 Å². The molecule has 1 heterocycles. The van der Waals surface area contributed by atoms with E-state index in [0.717, 1.165) is 12.1 Å². The number of hydrogen-bond acceptors (Lipinski definition) is 3. The third-order valence-electron chi connectivity index (χ3n) is 3.01. The summed E-state index contributed by atoms with van der Waals surface area (Å²) < 4.78 is 51.7. The largest absolute Gasteiger partial charge is 0.419 e. The molecule has 0 aliphatic carbocycles. The number of nitrogens with zero attached hydrogens (tertiary/aromatic N) is 2. The number of alkyl halides is 3. The Kier molecular flexibility index (Phi) is 4.22. The molecule has 0 amide bonds. The van der Waals surface area contributed by atoms with Crippen molar-refractivity contribution in [1.82, 2.24) is 15.3 Å². The lowest BCUT2D eigenvalue weighted by Gasteiger charge is -2.18. The van der Waals surface area contributed by atoms with Gasteiger partial charge in [-0.3, -0.25) is 0 Å². The van der Waals surface area contributed by atoms with E-state index in [4.69, 9.17) is 0 Å². The number of halogens is 4. The maximum atomic E-state index is 13.3. The molecule has 0 spiro atoms. The van der Waals surface area contributed by atoms with Crippen molar-refractivity contribution < 1.29 is 17.6 Å². The van der Waals surface area contributed by atoms with Crippen molar-refractivity contribution in [1.29, 1.82) is 0 Å². The standard InChI is InChI=1S/C14H13F4N3/c1-8-20-6-5-12(21-8)13(19-2)9-3-4-11(15)10(7-9)14(16,17)18/h3-7,13,19H,1-2H3. The van der Waals surface area contributed by atoms with E-state index in [-0.39, 0.29) is 5.56 Å². The van der Waals surface area contributed by atoms with E-state index in [1.54, 1.807) is 20.0 Å². The van der Waals surface area contributed by atoms with Crippen molar-refractivity contribution in [2.24, 2.45) is 0 Å². The second-order valence-corrected chi connectivity index (χ2v) is 4.49. The Morgan fingerprint density at radius 3 is 2.48 bits per heavy atom. The lowest BCUT2D eigenvalue weighted by Crippen LogP contribution is -2.20. The number of aryl methyl sites for hydroxylation is 1. The van der Waals surface area contributed by atoms with Gasteiger partial charge in [0.25, 0.3) is 0 Å². The Labute approximate surface area is 119 Å². The lowest BCUT2D eigenvalue weighted by atomic mass is 10.0. The summed E-state index contributed by atoms with van der Waals surface area (Å²) in [6.45, 7) is 1.68. The van der Waals surface area contributed by atoms with Crippen LogP contribution in [-0.4, -0.2) is 17.0 Å². The van der Waals surface area contributed by atoms with E-state index < -0.39 is 23.6 Å². The average molecular weight is 299 g/mol. The van der Waals surface area contributed by atoms with E-state index in [1.165, 1.54) is 12.3 Å². The molecule has 3 nitrogen and oxygen atoms in total. The number of rotatable bonds is 3. The highest BCUT2D eigenvalue weighted by molar-refractivity contribution is 5.33. The summed E-state index contributed by atoms with van der Waals surface area (Å²) in [6.07, 6.45) is -3.21. The molecule has 7 heteroatoms. The normalized spacial score (nSPS) is 13.2. The molecule has 1 atom stereocenters. The zero-order valence-corrected chi connectivity index (χ0v) is 11.4. The fraction of sp³-hybridized carbons (Fsp3) is 0.286. The van der Waals surface area contributed by atoms with Crippen LogP contribution in [-0.2, 0) is 6.18 Å². The van der Waals surface area contributed by atoms with E-state index in [9.17, 15) is 17.6 Å². The smallest absolute Gasteiger partial charge is 0.308 e. The Hall–Kier alpha value is -2.02. The van der Waals surface area contributed by atoms with Gasteiger partial charge in [-0.25, -0.2) is 14.4 Å². The molecule has 2 rings (SSSR count). The van der Waals surface area contributed by atoms with Gasteiger partial charge in [0, 0.05) is 6.20 Å². The van der Waals surface area contributed by atoms with Gasteiger partial charge in [0.2, 0.25) is 0 Å². The number of hydrogen-bond donors (Lipinski definition) is 1. The Bertz CT molecular complexity index is 640. The topological polar surface area (TPSA) is 37.8 Å². The fourth-order valence-corrected chi connectivity index (χ4v) is 2.06. The van der Waals surface area contributed by atoms with Crippen molar-refractivity contribution in [3.8, 4) is 0 Å². The summed E-state index contributed by atoms with van der Waals surface area (Å²) in [5, 5.41) is 2.88. The second kappa shape index (κ2) is 5.77. The molecular formula is C14H13F4N3. The summed E-state index contributed by atoms with van der Waals surface area (Å²) in [4.78, 5) is 8.13. The van der Waals surface area contributed by atoms with Crippen molar-refractivity contribution in [2.45, 2.75) is 19.1 Å². The van der Waals surface area contributed by atoms with Crippen molar-refractivity contribution in [2.75, 3.05) is 7.05 Å². The Morgan fingerprint density at radius 1 is 1.19 bits per heavy atom. The zero-order chi connectivity index (χ0) is 15.6. The molecule has 0 radical (unpaired) electrons. The van der Waals surface area contributed by atoms with Gasteiger partial charge < -0.3 is 5.32 Å². The van der Waals surface area contributed by atoms with Crippen LogP contribution in [0.3, 0.4) is 0 Å². The predicted octanol–water partition coefficient (Wildman–Crippen LogP) is 3.25. The summed E-state index contributed by atoms with van der Waals surface area (Å²) in [5.74, 6) is -0.786. The van der Waals surface area contributed by atoms with Crippen LogP contribution in [0.5, 0.6) is 0 Å². The minimum atomic E-state index is -4.74. The SMILES string of the molecule is CNC(c1ccc(F)c(C(F)(F)F)c1)c1ccnc(C)n1. The van der Waals surface area contributed by atoms with E-state index >= 15 is 0 Å². The number of benzene rings is 1. The van der Waals surface area contributed by atoms with Crippen LogP contribution in [0.15, 0.2) is 30.5 Å². The highest BCUT2D eigenvalue weighted by Crippen LogP contribution is 2.33. The first-order chi connectivity index (χ1) is 9.82. The molecule has 2 aromatic rings. The van der Waals surface area contributed by atoms with Crippen LogP contribution in [0.2, 0.25) is 0 Å². The lowest BCUT2D eigenvalue weighted by molar-refractivity contribution is -0.140. The number of aromatic nitrogens is 2. The van der Waals surface area contributed by atoms with Gasteiger partial charge in [0.15, 0.2) is 0 Å². The minimum absolute atomic E-state index is 0.282. The molecular weight excluding hydrogens is 286 g/mol. The quantitative estimate of drug-likeness (QED) is 0.884. The van der Waals surface area contributed by atoms with Gasteiger partial charge in [-0.2, -0.15) is 13.2 Å². The molecule has 1 N–H and O–H groups in total. The first-order valence-electron chi connectivity index (χ1n) is 6.16. The minimum Gasteiger partial charge on any atom is -0.308 e. The van der Waals surface area contributed by atoms with Crippen LogP contribution in [0.1, 0.15) is 28.7 Å². The van der Waals surface area contributed by atoms with Crippen molar-refractivity contribution in [3.05, 3.63) is 58.9 Å². The highest BCUT2D eigenvalue weighted by Gasteiger charge is 2.34. The Morgan fingerprint density at radius 2 is 1.90 bits per heavy atom. The molecule has 112 valence electrons. The summed E-state index contributed by atoms with van der Waals surface area (Å²) in [7, 11) is 1.60. The van der Waals surface area contributed by atoms with Gasteiger partial charge in [-0.1, -0.05) is 6.07 Å². The van der Waals surface area contributed by atoms with E-state index in [0.29, 0.717) is 11.5 Å². The average Bonchev–Trinajstić information content (AvgIpc) is 2.40. The maximum Gasteiger partial charge on any atom is 0.419 e. The third kappa shape index (κ3) is 3.36. The first kappa shape index (κ1) is 15.4. The molecule has 0 saturated carbocycles. The predicted molar refractivity (Wildman–Crippen MR) is 69.1 cm³/mol. The van der Waals surface area contributed by atoms with Crippen LogP contribution in [0, 0.1) is 12.7 Å². The second-order valence-electron chi connectivity index (χ2n) is 4.49. The summed E-state index contributed by atoms with van der Waals surface area (Å²) in [6, 6.07) is 3.95. The van der Waals surface area contributed by atoms with Crippen LogP contribution < -0.4 is 5.32 Å². The molecule has 0 aliphatic rings. The third-order valence-corrected chi connectivity index (χ3v) is 3.01. The zero-order valence-electron chi connectivity index (χ0n) is 11.4. The molecule has 1 unspecified atom stereocenters. The van der Waals surface area contributed by atoms with Crippen molar-refractivity contribution in [3.63, 3.8) is 0 Å². The number of nitrogens with one attached hydrogen (secondary N) is 1. The van der Waals surface area contributed by atoms with Crippen LogP contribution >= 0.6 is 0 Å². The van der Waals surface area contributed by atoms with Crippen molar-refractivity contribution >= 4 is 0 Å². The molecule has 21 heavy (non-hydrogen) atoms. The van der Waals surface area contributed by atoms with Crippen LogP contribution in [0.4, 0.5) is 17.6 Å². The molecule has 0 saturated heterocycles. The first-order valence-corrected chi connectivity index (χ1v) is 6.16. The van der Waals surface area contributed by atoms with E-state index in [2.05, 4.69) is 15.3 Å². The van der Waals surface area contributed by atoms with Gasteiger partial charge in [0.05, 0.1) is 17.3 Å². The van der Waals surface area contributed by atoms with E-state index in [1.807, 2.05) is 0 Å². The summed E-state index contributed by atoms with van der Waals surface area (Å²) >= 11 is 0. The monoisotopic (exact) mass is 299 g/mol. The van der Waals surface area contributed by atoms with Crippen LogP contribution in [0.25, 0.3) is 0 Å². The van der Waals surface area contributed by atoms with Gasteiger partial charge in [0.1, 0.15) is 11.6 Å². The van der Waals surface area contributed by atoms with Gasteiger partial charge >= 0.3 is 6.18 Å². The molecule has 1 aromatic heterocycles. The molecule has 0 bridgehead atoms. The Balaban J connectivity index is 2.49. The molecule has 1 aromatic carbocycles. The highest BCUT2D eigenvalue weighted by atomic mass is 19.4. The maximum absolute atomic E-state index is 13.3. The fourth-order valence-electron chi connectivity index (χ4n) is 2.06.